The topological polar surface area (TPSA) is 49.7 Å². The Morgan fingerprint density at radius 1 is 1.00 bits per heavy atom. The van der Waals surface area contributed by atoms with Crippen LogP contribution in [-0.2, 0) is 4.74 Å². The van der Waals surface area contributed by atoms with Gasteiger partial charge in [-0.2, -0.15) is 0 Å². The molecule has 4 fully saturated rings. The van der Waals surface area contributed by atoms with Gasteiger partial charge in [0.25, 0.3) is 0 Å². The molecule has 9 atom stereocenters. The molecule has 27 heavy (non-hydrogen) atoms. The Labute approximate surface area is 166 Å². The van der Waals surface area contributed by atoms with Crippen molar-refractivity contribution in [1.29, 1.82) is 0 Å². The Hall–Kier alpha value is -0.120. The third-order valence-electron chi connectivity index (χ3n) is 9.81. The van der Waals surface area contributed by atoms with Gasteiger partial charge in [0.2, 0.25) is 0 Å². The summed E-state index contributed by atoms with van der Waals surface area (Å²) in [6, 6.07) is 0. The lowest BCUT2D eigenvalue weighted by molar-refractivity contribution is -0.147. The maximum Gasteiger partial charge on any atom is 0.0882 e. The molecule has 4 saturated carbocycles. The molecule has 0 radical (unpaired) electrons. The summed E-state index contributed by atoms with van der Waals surface area (Å²) in [5.74, 6) is 5.35. The third-order valence-corrected chi connectivity index (χ3v) is 9.81. The maximum absolute atomic E-state index is 10.9. The fourth-order valence-corrected chi connectivity index (χ4v) is 8.66. The molecule has 3 heteroatoms. The molecule has 0 amide bonds. The lowest BCUT2D eigenvalue weighted by Crippen LogP contribution is -2.55. The third kappa shape index (κ3) is 3.40. The van der Waals surface area contributed by atoms with Crippen LogP contribution in [0.1, 0.15) is 78.1 Å². The molecule has 4 aliphatic rings. The zero-order valence-electron chi connectivity index (χ0n) is 17.8. The van der Waals surface area contributed by atoms with E-state index in [4.69, 9.17) is 4.74 Å². The van der Waals surface area contributed by atoms with Crippen molar-refractivity contribution in [3.63, 3.8) is 0 Å². The molecule has 4 rings (SSSR count). The number of methoxy groups -OCH3 is 1. The predicted octanol–water partition coefficient (Wildman–Crippen LogP) is 4.65. The highest BCUT2D eigenvalue weighted by Crippen LogP contribution is 2.64. The van der Waals surface area contributed by atoms with Gasteiger partial charge in [-0.25, -0.2) is 0 Å². The minimum Gasteiger partial charge on any atom is -0.396 e. The summed E-state index contributed by atoms with van der Waals surface area (Å²) < 4.78 is 5.33. The molecular weight excluding hydrogens is 336 g/mol. The summed E-state index contributed by atoms with van der Waals surface area (Å²) in [7, 11) is 1.72. The Morgan fingerprint density at radius 3 is 2.52 bits per heavy atom. The van der Waals surface area contributed by atoms with Gasteiger partial charge in [-0.05, 0) is 105 Å². The van der Waals surface area contributed by atoms with Crippen LogP contribution in [-0.4, -0.2) is 36.1 Å². The molecule has 0 aromatic heterocycles. The van der Waals surface area contributed by atoms with Gasteiger partial charge in [0.05, 0.1) is 12.2 Å². The molecule has 156 valence electrons. The highest BCUT2D eigenvalue weighted by molar-refractivity contribution is 5.06. The van der Waals surface area contributed by atoms with Gasteiger partial charge in [-0.15, -0.1) is 0 Å². The van der Waals surface area contributed by atoms with Gasteiger partial charge in [0, 0.05) is 13.7 Å². The van der Waals surface area contributed by atoms with Crippen molar-refractivity contribution in [2.45, 2.75) is 83.7 Å². The lowest BCUT2D eigenvalue weighted by atomic mass is 9.44. The fraction of sp³-hybridized carbons (Fsp3) is 1.00. The van der Waals surface area contributed by atoms with Crippen molar-refractivity contribution in [2.24, 2.45) is 46.8 Å². The molecule has 0 aliphatic heterocycles. The van der Waals surface area contributed by atoms with Crippen LogP contribution in [0.2, 0.25) is 0 Å². The van der Waals surface area contributed by atoms with Crippen molar-refractivity contribution in [3.8, 4) is 0 Å². The Balaban J connectivity index is 1.51. The van der Waals surface area contributed by atoms with E-state index in [9.17, 15) is 10.2 Å². The first kappa shape index (κ1) is 20.2. The lowest BCUT2D eigenvalue weighted by Gasteiger charge is -2.61. The monoisotopic (exact) mass is 378 g/mol. The second kappa shape index (κ2) is 7.61. The highest BCUT2D eigenvalue weighted by Gasteiger charge is 2.56. The van der Waals surface area contributed by atoms with Crippen LogP contribution in [0.5, 0.6) is 0 Å². The van der Waals surface area contributed by atoms with Gasteiger partial charge in [0.15, 0.2) is 0 Å². The number of ether oxygens (including phenoxy) is 1. The second-order valence-electron chi connectivity index (χ2n) is 11.1. The van der Waals surface area contributed by atoms with Crippen molar-refractivity contribution < 1.29 is 14.9 Å². The van der Waals surface area contributed by atoms with E-state index in [0.29, 0.717) is 36.4 Å². The molecular formula is C24H42O3. The number of hydrogen-bond donors (Lipinski definition) is 2. The van der Waals surface area contributed by atoms with E-state index in [0.717, 1.165) is 36.5 Å². The van der Waals surface area contributed by atoms with E-state index >= 15 is 0 Å². The van der Waals surface area contributed by atoms with Crippen LogP contribution in [0.3, 0.4) is 0 Å². The summed E-state index contributed by atoms with van der Waals surface area (Å²) in [6.45, 7) is 5.71. The van der Waals surface area contributed by atoms with Crippen LogP contribution in [0.4, 0.5) is 0 Å². The van der Waals surface area contributed by atoms with E-state index in [1.807, 2.05) is 0 Å². The van der Waals surface area contributed by atoms with E-state index in [1.54, 1.807) is 7.11 Å². The molecule has 0 saturated heterocycles. The minimum absolute atomic E-state index is 0.351. The standard InChI is InChI=1S/C24H42O3/c1-16(14-25)21-5-4-6-22-20-8-7-17-13-24(26,15-27-3)12-10-18(17)19(20)9-11-23(21,22)2/h16-22,25-26H,4-15H2,1-3H3/t16-,17+,18-,19+,20+,21+,22-,23+,24+/m0/s1. The molecule has 2 N–H and O–H groups in total. The van der Waals surface area contributed by atoms with E-state index in [1.165, 1.54) is 51.4 Å². The first-order chi connectivity index (χ1) is 12.9. The first-order valence-corrected chi connectivity index (χ1v) is 11.7. The highest BCUT2D eigenvalue weighted by atomic mass is 16.5. The average molecular weight is 379 g/mol. The first-order valence-electron chi connectivity index (χ1n) is 11.7. The number of hydrogen-bond acceptors (Lipinski definition) is 3. The predicted molar refractivity (Wildman–Crippen MR) is 108 cm³/mol. The SMILES string of the molecule is COC[C@@]1(O)CC[C@H]2[C@H](CC[C@@H]3[C@@H]2CC[C@]2(C)[C@@H]([C@@H](C)CO)CCC[C@@H]32)C1. The van der Waals surface area contributed by atoms with Gasteiger partial charge in [0.1, 0.15) is 0 Å². The smallest absolute Gasteiger partial charge is 0.0882 e. The Bertz CT molecular complexity index is 522. The Morgan fingerprint density at radius 2 is 1.78 bits per heavy atom. The van der Waals surface area contributed by atoms with Crippen molar-refractivity contribution in [2.75, 3.05) is 20.3 Å². The van der Waals surface area contributed by atoms with Crippen LogP contribution in [0, 0.1) is 46.8 Å². The molecule has 0 aromatic carbocycles. The zero-order chi connectivity index (χ0) is 19.2. The molecule has 3 nitrogen and oxygen atoms in total. The fourth-order valence-electron chi connectivity index (χ4n) is 8.66. The summed E-state index contributed by atoms with van der Waals surface area (Å²) in [4.78, 5) is 0. The van der Waals surface area contributed by atoms with Gasteiger partial charge in [-0.3, -0.25) is 0 Å². The van der Waals surface area contributed by atoms with Gasteiger partial charge < -0.3 is 14.9 Å². The van der Waals surface area contributed by atoms with Crippen molar-refractivity contribution >= 4 is 0 Å². The van der Waals surface area contributed by atoms with E-state index in [2.05, 4.69) is 13.8 Å². The molecule has 0 unspecified atom stereocenters. The number of aliphatic hydroxyl groups excluding tert-OH is 1. The van der Waals surface area contributed by atoms with E-state index < -0.39 is 5.60 Å². The Kier molecular flexibility index (Phi) is 5.68. The summed E-state index contributed by atoms with van der Waals surface area (Å²) in [5, 5.41) is 20.7. The van der Waals surface area contributed by atoms with Crippen molar-refractivity contribution in [1.82, 2.24) is 0 Å². The molecule has 0 spiro atoms. The molecule has 0 heterocycles. The van der Waals surface area contributed by atoms with Crippen LogP contribution < -0.4 is 0 Å². The second-order valence-corrected chi connectivity index (χ2v) is 11.1. The number of fused-ring (bicyclic) bond motifs is 5. The largest absolute Gasteiger partial charge is 0.396 e. The summed E-state index contributed by atoms with van der Waals surface area (Å²) in [5.41, 5.74) is -0.127. The van der Waals surface area contributed by atoms with Crippen LogP contribution >= 0.6 is 0 Å². The number of rotatable bonds is 4. The van der Waals surface area contributed by atoms with Crippen LogP contribution in [0.15, 0.2) is 0 Å². The molecule has 0 bridgehead atoms. The van der Waals surface area contributed by atoms with Crippen molar-refractivity contribution in [3.05, 3.63) is 0 Å². The summed E-state index contributed by atoms with van der Waals surface area (Å²) >= 11 is 0. The normalized spacial score (nSPS) is 51.0. The zero-order valence-corrected chi connectivity index (χ0v) is 17.8. The maximum atomic E-state index is 10.9. The van der Waals surface area contributed by atoms with Crippen LogP contribution in [0.25, 0.3) is 0 Å². The average Bonchev–Trinajstić information content (AvgIpc) is 2.65. The minimum atomic E-state index is -0.571. The number of aliphatic hydroxyl groups is 2. The molecule has 0 aromatic rings. The quantitative estimate of drug-likeness (QED) is 0.748. The van der Waals surface area contributed by atoms with Gasteiger partial charge in [-0.1, -0.05) is 20.3 Å². The summed E-state index contributed by atoms with van der Waals surface area (Å²) in [6.07, 6.45) is 12.6. The molecule has 4 aliphatic carbocycles. The van der Waals surface area contributed by atoms with E-state index in [-0.39, 0.29) is 0 Å². The van der Waals surface area contributed by atoms with Gasteiger partial charge >= 0.3 is 0 Å².